The summed E-state index contributed by atoms with van der Waals surface area (Å²) in [6.07, 6.45) is 1.65. The van der Waals surface area contributed by atoms with Gasteiger partial charge in [0.25, 0.3) is 0 Å². The quantitative estimate of drug-likeness (QED) is 0.144. The number of ether oxygens (including phenoxy) is 1. The first-order valence-corrected chi connectivity index (χ1v) is 30.9. The molecular formula is C81H67N5OPt. The summed E-state index contributed by atoms with van der Waals surface area (Å²) in [6.45, 7) is 15.4. The van der Waals surface area contributed by atoms with Gasteiger partial charge in [-0.3, -0.25) is 0 Å². The number of aromatic nitrogens is 3. The Balaban J connectivity index is 0.998. The van der Waals surface area contributed by atoms with Crippen molar-refractivity contribution in [3.8, 4) is 78.5 Å². The minimum Gasteiger partial charge on any atom is -0.0616 e. The molecule has 0 bridgehead atoms. The van der Waals surface area contributed by atoms with Gasteiger partial charge >= 0.3 is 306 Å². The molecule has 88 heavy (non-hydrogen) atoms. The molecule has 432 valence electrons. The zero-order valence-corrected chi connectivity index (χ0v) is 52.4. The van der Waals surface area contributed by atoms with Crippen LogP contribution in [0, 0.1) is 10.7 Å². The third kappa shape index (κ3) is 10.3. The van der Waals surface area contributed by atoms with E-state index in [1.807, 2.05) is 25.1 Å². The molecule has 0 N–H and O–H groups in total. The molecule has 1 aliphatic heterocycles. The molecule has 0 unspecified atom stereocenters. The van der Waals surface area contributed by atoms with Gasteiger partial charge in [-0.15, -0.1) is 0 Å². The van der Waals surface area contributed by atoms with Gasteiger partial charge in [-0.05, 0) is 64.3 Å². The van der Waals surface area contributed by atoms with Crippen molar-refractivity contribution in [3.05, 3.63) is 300 Å². The molecule has 0 spiro atoms. The van der Waals surface area contributed by atoms with Crippen LogP contribution in [0.25, 0.3) is 78.0 Å². The first-order valence-electron chi connectivity index (χ1n) is 32.3. The van der Waals surface area contributed by atoms with Crippen LogP contribution in [0.5, 0.6) is 11.5 Å². The van der Waals surface area contributed by atoms with Gasteiger partial charge in [0.05, 0.1) is 12.5 Å². The molecule has 11 aromatic carbocycles. The fourth-order valence-corrected chi connectivity index (χ4v) is 13.3. The number of imidazole rings is 1. The van der Waals surface area contributed by atoms with Crippen LogP contribution in [0.1, 0.15) is 65.1 Å². The molecule has 0 aliphatic carbocycles. The molecule has 6 nitrogen and oxygen atoms in total. The van der Waals surface area contributed by atoms with Crippen molar-refractivity contribution in [1.82, 2.24) is 14.1 Å². The van der Waals surface area contributed by atoms with E-state index >= 15 is 0 Å². The number of fused-ring (bicyclic) bond motifs is 7. The SMILES string of the molecule is [2H]c1c([2H])c([2H])c(-c2cnc(N3c4ccccc4-c4ccc(C(C)(C)C)cc4N(c4ccccc4)c4cc(C(C)(C)C)ccc4-c4ccc(Oc5cccc(-n6[c](=[Pt])n(-c7c(-c8ccccc8)cccc7-c7ccccc7)c7ccccc76)c5)cc43)cc2C)c([2H])c1[2H]. The van der Waals surface area contributed by atoms with E-state index in [4.69, 9.17) is 16.6 Å². The van der Waals surface area contributed by atoms with Gasteiger partial charge in [0, 0.05) is 23.0 Å². The second-order valence-corrected chi connectivity index (χ2v) is 25.5. The third-order valence-corrected chi connectivity index (χ3v) is 17.7. The van der Waals surface area contributed by atoms with Crippen molar-refractivity contribution in [2.45, 2.75) is 59.3 Å². The Hall–Kier alpha value is -9.87. The summed E-state index contributed by atoms with van der Waals surface area (Å²) in [4.78, 5) is 9.91. The number of anilines is 6. The van der Waals surface area contributed by atoms with Crippen LogP contribution in [-0.2, 0) is 30.2 Å². The van der Waals surface area contributed by atoms with Gasteiger partial charge in [0.2, 0.25) is 0 Å². The number of rotatable bonds is 9. The maximum absolute atomic E-state index is 9.04. The van der Waals surface area contributed by atoms with E-state index < -0.39 is 18.1 Å². The van der Waals surface area contributed by atoms with Crippen LogP contribution in [0.2, 0.25) is 0 Å². The summed E-state index contributed by atoms with van der Waals surface area (Å²) >= 11 is 2.49. The number of pyridine rings is 1. The van der Waals surface area contributed by atoms with Crippen LogP contribution in [0.3, 0.4) is 0 Å². The summed E-state index contributed by atoms with van der Waals surface area (Å²) in [5, 5.41) is 0. The second-order valence-electron chi connectivity index (χ2n) is 24.5. The summed E-state index contributed by atoms with van der Waals surface area (Å²) in [5.41, 5.74) is 20.1. The normalized spacial score (nSPS) is 13.1. The molecule has 0 atom stereocenters. The van der Waals surface area contributed by atoms with Crippen molar-refractivity contribution in [2.24, 2.45) is 0 Å². The number of benzene rings is 11. The van der Waals surface area contributed by atoms with Crippen molar-refractivity contribution in [1.29, 1.82) is 0 Å². The molecule has 0 saturated carbocycles. The Morgan fingerprint density at radius 1 is 0.398 bits per heavy atom. The van der Waals surface area contributed by atoms with Crippen LogP contribution in [-0.4, -0.2) is 14.1 Å². The zero-order valence-electron chi connectivity index (χ0n) is 55.1. The van der Waals surface area contributed by atoms with Crippen LogP contribution in [0.15, 0.2) is 279 Å². The minimum absolute atomic E-state index is 0.0942. The van der Waals surface area contributed by atoms with Gasteiger partial charge < -0.3 is 4.90 Å². The number of nitrogens with zero attached hydrogens (tertiary/aromatic N) is 5. The predicted molar refractivity (Wildman–Crippen MR) is 362 cm³/mol. The van der Waals surface area contributed by atoms with Gasteiger partial charge in [0.15, 0.2) is 0 Å². The van der Waals surface area contributed by atoms with E-state index in [0.717, 1.165) is 99.2 Å². The fraction of sp³-hybridized carbons (Fsp3) is 0.111. The Morgan fingerprint density at radius 3 is 1.49 bits per heavy atom. The monoisotopic (exact) mass is 1330 g/mol. The van der Waals surface area contributed by atoms with Crippen molar-refractivity contribution < 1.29 is 30.9 Å². The molecule has 0 radical (unpaired) electrons. The Kier molecular flexibility index (Phi) is 13.0. The van der Waals surface area contributed by atoms with Crippen LogP contribution < -0.4 is 14.5 Å². The van der Waals surface area contributed by atoms with Crippen LogP contribution in [0.4, 0.5) is 34.3 Å². The Morgan fingerprint density at radius 2 is 0.886 bits per heavy atom. The smallest absolute Gasteiger partial charge is 0.0616 e. The van der Waals surface area contributed by atoms with E-state index in [-0.39, 0.29) is 28.5 Å². The first kappa shape index (κ1) is 50.3. The van der Waals surface area contributed by atoms with E-state index in [1.165, 1.54) is 11.1 Å². The van der Waals surface area contributed by atoms with E-state index in [1.54, 1.807) is 6.20 Å². The molecular weight excluding hydrogens is 1250 g/mol. The standard InChI is InChI=1S/C81H67N5O.Pt/c1-55-48-78(82-53-71(55)58-30-16-10-17-31-58)86-72-39-21-20-36-67(72)68-45-42-59(80(2,3)4)49-75(68)85(61-32-18-11-19-33-61)76-50-60(81(5,6)7)43-46-69(76)70-47-44-64(52-77(70)86)87-63-35-24-34-62(51-63)83-54-84(74-41-23-22-40-73(74)83)79-65(56-26-12-8-13-27-56)37-25-38-66(79)57-28-14-9-15-29-57;/h8-53H,1-7H3;/i10D,16D,17D,30D,31D;. The van der Waals surface area contributed by atoms with Gasteiger partial charge in [-0.2, -0.15) is 0 Å². The molecule has 1 aliphatic rings. The molecule has 0 fully saturated rings. The van der Waals surface area contributed by atoms with Crippen molar-refractivity contribution >= 4 is 45.3 Å². The predicted octanol–water partition coefficient (Wildman–Crippen LogP) is 22.2. The zero-order chi connectivity index (χ0) is 64.6. The third-order valence-electron chi connectivity index (χ3n) is 16.7. The summed E-state index contributed by atoms with van der Waals surface area (Å²) in [7, 11) is 0. The minimum atomic E-state index is -0.448. The number of hydrogen-bond donors (Lipinski definition) is 0. The average Bonchev–Trinajstić information content (AvgIpc) is 1.72. The summed E-state index contributed by atoms with van der Waals surface area (Å²) < 4.78 is 56.7. The summed E-state index contributed by atoms with van der Waals surface area (Å²) in [5.74, 6) is 1.75. The molecule has 13 aromatic rings. The van der Waals surface area contributed by atoms with E-state index in [9.17, 15) is 0 Å². The van der Waals surface area contributed by atoms with Gasteiger partial charge in [-0.1, -0.05) is 126 Å². The summed E-state index contributed by atoms with van der Waals surface area (Å²) in [6, 6.07) is 83.8. The van der Waals surface area contributed by atoms with E-state index in [2.05, 4.69) is 304 Å². The topological polar surface area (TPSA) is 38.5 Å². The second kappa shape index (κ2) is 22.8. The molecule has 0 saturated heterocycles. The van der Waals surface area contributed by atoms with Gasteiger partial charge in [0.1, 0.15) is 0 Å². The molecule has 3 heterocycles. The molecule has 0 amide bonds. The Bertz CT molecular complexity index is 5060. The van der Waals surface area contributed by atoms with Gasteiger partial charge in [-0.25, -0.2) is 0 Å². The Labute approximate surface area is 534 Å². The van der Waals surface area contributed by atoms with Crippen molar-refractivity contribution in [2.75, 3.05) is 9.80 Å². The molecule has 14 rings (SSSR count). The first-order chi connectivity index (χ1) is 44.8. The average molecular weight is 1330 g/mol. The van der Waals surface area contributed by atoms with E-state index in [0.29, 0.717) is 28.4 Å². The number of para-hydroxylation sites is 5. The number of hydrogen-bond acceptors (Lipinski definition) is 4. The molecule has 7 heteroatoms. The maximum atomic E-state index is 9.04. The fourth-order valence-electron chi connectivity index (χ4n) is 12.3. The molecule has 2 aromatic heterocycles. The van der Waals surface area contributed by atoms with Crippen molar-refractivity contribution in [3.63, 3.8) is 0 Å². The van der Waals surface area contributed by atoms with Crippen LogP contribution >= 0.6 is 0 Å². The number of aryl methyl sites for hydroxylation is 1.